The molecule has 1 aliphatic rings. The number of nitrogens with zero attached hydrogens (tertiary/aromatic N) is 1. The Bertz CT molecular complexity index is 301. The van der Waals surface area contributed by atoms with Gasteiger partial charge in [-0.25, -0.2) is 0 Å². The standard InChI is InChI=1S/C14H28N2O4/c1-3-4-5-6-7-16-10(8-12(18)15-2)13(19)14(20)11(16)9-17/h10-11,13-14,17,19-20H,3-9H2,1-2H3,(H,15,18)/t10-,11+,13+,14-/m1/s1. The number of carbonyl (C=O) groups excluding carboxylic acids is 1. The summed E-state index contributed by atoms with van der Waals surface area (Å²) in [5.41, 5.74) is 0. The minimum Gasteiger partial charge on any atom is -0.395 e. The molecular weight excluding hydrogens is 260 g/mol. The molecule has 0 saturated carbocycles. The van der Waals surface area contributed by atoms with Crippen molar-refractivity contribution in [2.45, 2.75) is 63.3 Å². The molecule has 0 bridgehead atoms. The van der Waals surface area contributed by atoms with Crippen molar-refractivity contribution >= 4 is 5.91 Å². The first-order valence-electron chi connectivity index (χ1n) is 7.50. The third-order valence-corrected chi connectivity index (χ3v) is 4.12. The van der Waals surface area contributed by atoms with Crippen molar-refractivity contribution in [3.63, 3.8) is 0 Å². The largest absolute Gasteiger partial charge is 0.395 e. The van der Waals surface area contributed by atoms with Gasteiger partial charge in [0.15, 0.2) is 0 Å². The zero-order chi connectivity index (χ0) is 15.1. The van der Waals surface area contributed by atoms with Crippen LogP contribution in [0.3, 0.4) is 0 Å². The van der Waals surface area contributed by atoms with E-state index in [1.165, 1.54) is 0 Å². The van der Waals surface area contributed by atoms with Crippen molar-refractivity contribution in [3.05, 3.63) is 0 Å². The Hall–Kier alpha value is -0.690. The van der Waals surface area contributed by atoms with Gasteiger partial charge in [-0.3, -0.25) is 9.69 Å². The Balaban J connectivity index is 2.67. The highest BCUT2D eigenvalue weighted by molar-refractivity contribution is 5.76. The lowest BCUT2D eigenvalue weighted by Gasteiger charge is -2.29. The molecule has 1 saturated heterocycles. The second-order valence-electron chi connectivity index (χ2n) is 5.47. The molecule has 0 aromatic heterocycles. The average molecular weight is 288 g/mol. The van der Waals surface area contributed by atoms with Crippen LogP contribution in [0.2, 0.25) is 0 Å². The van der Waals surface area contributed by atoms with Gasteiger partial charge in [-0.1, -0.05) is 26.2 Å². The number of nitrogens with one attached hydrogen (secondary N) is 1. The number of likely N-dealkylation sites (tertiary alicyclic amines) is 1. The third kappa shape index (κ3) is 4.15. The molecule has 1 aliphatic heterocycles. The van der Waals surface area contributed by atoms with Crippen molar-refractivity contribution in [1.29, 1.82) is 0 Å². The van der Waals surface area contributed by atoms with E-state index in [0.717, 1.165) is 25.7 Å². The van der Waals surface area contributed by atoms with Crippen LogP contribution in [0.25, 0.3) is 0 Å². The summed E-state index contributed by atoms with van der Waals surface area (Å²) in [4.78, 5) is 13.4. The molecule has 0 aromatic rings. The number of aliphatic hydroxyl groups excluding tert-OH is 3. The fraction of sp³-hybridized carbons (Fsp3) is 0.929. The minimum absolute atomic E-state index is 0.138. The molecule has 6 heteroatoms. The molecule has 0 spiro atoms. The van der Waals surface area contributed by atoms with Gasteiger partial charge in [-0.2, -0.15) is 0 Å². The lowest BCUT2D eigenvalue weighted by molar-refractivity contribution is -0.122. The Labute approximate surface area is 120 Å². The molecule has 0 aromatic carbocycles. The summed E-state index contributed by atoms with van der Waals surface area (Å²) < 4.78 is 0. The fourth-order valence-corrected chi connectivity index (χ4v) is 2.89. The highest BCUT2D eigenvalue weighted by Gasteiger charge is 2.47. The lowest BCUT2D eigenvalue weighted by Crippen LogP contribution is -2.43. The second kappa shape index (κ2) is 8.56. The third-order valence-electron chi connectivity index (χ3n) is 4.12. The van der Waals surface area contributed by atoms with Crippen LogP contribution in [0.1, 0.15) is 39.0 Å². The topological polar surface area (TPSA) is 93.0 Å². The van der Waals surface area contributed by atoms with Crippen molar-refractivity contribution < 1.29 is 20.1 Å². The van der Waals surface area contributed by atoms with E-state index in [1.807, 2.05) is 4.90 Å². The maximum atomic E-state index is 11.5. The maximum Gasteiger partial charge on any atom is 0.221 e. The predicted molar refractivity (Wildman–Crippen MR) is 76.2 cm³/mol. The molecule has 118 valence electrons. The molecule has 1 heterocycles. The maximum absolute atomic E-state index is 11.5. The Morgan fingerprint density at radius 2 is 1.80 bits per heavy atom. The van der Waals surface area contributed by atoms with Gasteiger partial charge in [0, 0.05) is 19.5 Å². The minimum atomic E-state index is -0.999. The predicted octanol–water partition coefficient (Wildman–Crippen LogP) is -0.530. The van der Waals surface area contributed by atoms with E-state index >= 15 is 0 Å². The average Bonchev–Trinajstić information content (AvgIpc) is 2.67. The first-order chi connectivity index (χ1) is 9.56. The number of hydrogen-bond donors (Lipinski definition) is 4. The molecule has 20 heavy (non-hydrogen) atoms. The zero-order valence-corrected chi connectivity index (χ0v) is 12.5. The molecule has 0 aliphatic carbocycles. The number of unbranched alkanes of at least 4 members (excludes halogenated alkanes) is 3. The SMILES string of the molecule is CCCCCCN1[C@H](CC(=O)NC)[C@H](O)[C@H](O)[C@@H]1CO. The molecule has 4 atom stereocenters. The monoisotopic (exact) mass is 288 g/mol. The molecule has 0 unspecified atom stereocenters. The molecule has 1 rings (SSSR count). The number of aliphatic hydroxyl groups is 3. The lowest BCUT2D eigenvalue weighted by atomic mass is 10.1. The summed E-state index contributed by atoms with van der Waals surface area (Å²) in [6.45, 7) is 2.60. The van der Waals surface area contributed by atoms with Crippen LogP contribution in [0, 0.1) is 0 Å². The van der Waals surface area contributed by atoms with Crippen LogP contribution in [0.4, 0.5) is 0 Å². The summed E-state index contributed by atoms with van der Waals surface area (Å²) >= 11 is 0. The fourth-order valence-electron chi connectivity index (χ4n) is 2.89. The molecule has 6 nitrogen and oxygen atoms in total. The van der Waals surface area contributed by atoms with Crippen LogP contribution in [-0.4, -0.2) is 70.6 Å². The Morgan fingerprint density at radius 1 is 1.15 bits per heavy atom. The van der Waals surface area contributed by atoms with Gasteiger partial charge in [-0.05, 0) is 13.0 Å². The van der Waals surface area contributed by atoms with Gasteiger partial charge in [0.05, 0.1) is 24.9 Å². The normalized spacial score (nSPS) is 30.6. The molecule has 0 radical (unpaired) electrons. The van der Waals surface area contributed by atoms with Crippen LogP contribution in [0.5, 0.6) is 0 Å². The zero-order valence-electron chi connectivity index (χ0n) is 12.5. The van der Waals surface area contributed by atoms with E-state index in [0.29, 0.717) is 6.54 Å². The van der Waals surface area contributed by atoms with E-state index in [9.17, 15) is 20.1 Å². The van der Waals surface area contributed by atoms with E-state index in [2.05, 4.69) is 12.2 Å². The Kier molecular flexibility index (Phi) is 7.43. The highest BCUT2D eigenvalue weighted by atomic mass is 16.3. The van der Waals surface area contributed by atoms with Gasteiger partial charge < -0.3 is 20.6 Å². The van der Waals surface area contributed by atoms with E-state index in [-0.39, 0.29) is 18.9 Å². The quantitative estimate of drug-likeness (QED) is 0.451. The first-order valence-corrected chi connectivity index (χ1v) is 7.50. The summed E-state index contributed by atoms with van der Waals surface area (Å²) in [7, 11) is 1.55. The number of hydrogen-bond acceptors (Lipinski definition) is 5. The molecule has 4 N–H and O–H groups in total. The van der Waals surface area contributed by atoms with E-state index in [1.54, 1.807) is 7.05 Å². The van der Waals surface area contributed by atoms with Crippen molar-refractivity contribution in [3.8, 4) is 0 Å². The van der Waals surface area contributed by atoms with E-state index in [4.69, 9.17) is 0 Å². The summed E-state index contributed by atoms with van der Waals surface area (Å²) in [6, 6.07) is -0.912. The molecular formula is C14H28N2O4. The number of amides is 1. The Morgan fingerprint density at radius 3 is 2.35 bits per heavy atom. The van der Waals surface area contributed by atoms with Gasteiger partial charge in [0.25, 0.3) is 0 Å². The van der Waals surface area contributed by atoms with Crippen LogP contribution in [-0.2, 0) is 4.79 Å². The summed E-state index contributed by atoms with van der Waals surface area (Å²) in [5.74, 6) is -0.168. The van der Waals surface area contributed by atoms with Gasteiger partial charge >= 0.3 is 0 Å². The van der Waals surface area contributed by atoms with Crippen molar-refractivity contribution in [1.82, 2.24) is 10.2 Å². The van der Waals surface area contributed by atoms with E-state index < -0.39 is 24.3 Å². The van der Waals surface area contributed by atoms with Gasteiger partial charge in [0.1, 0.15) is 0 Å². The first kappa shape index (κ1) is 17.4. The number of carbonyl (C=O) groups is 1. The molecule has 1 fully saturated rings. The second-order valence-corrected chi connectivity index (χ2v) is 5.47. The highest BCUT2D eigenvalue weighted by Crippen LogP contribution is 2.28. The van der Waals surface area contributed by atoms with Crippen molar-refractivity contribution in [2.75, 3.05) is 20.2 Å². The smallest absolute Gasteiger partial charge is 0.221 e. The summed E-state index contributed by atoms with van der Waals surface area (Å²) in [6.07, 6.45) is 2.44. The van der Waals surface area contributed by atoms with Crippen LogP contribution < -0.4 is 5.32 Å². The van der Waals surface area contributed by atoms with Crippen LogP contribution >= 0.6 is 0 Å². The molecule has 1 amide bonds. The van der Waals surface area contributed by atoms with Gasteiger partial charge in [0.2, 0.25) is 5.91 Å². The summed E-state index contributed by atoms with van der Waals surface area (Å²) in [5, 5.41) is 32.1. The number of rotatable bonds is 8. The van der Waals surface area contributed by atoms with Gasteiger partial charge in [-0.15, -0.1) is 0 Å². The van der Waals surface area contributed by atoms with Crippen LogP contribution in [0.15, 0.2) is 0 Å². The van der Waals surface area contributed by atoms with Crippen molar-refractivity contribution in [2.24, 2.45) is 0 Å².